The fourth-order valence-electron chi connectivity index (χ4n) is 2.35. The van der Waals surface area contributed by atoms with Gasteiger partial charge in [-0.1, -0.05) is 5.16 Å². The third-order valence-corrected chi connectivity index (χ3v) is 3.57. The largest absolute Gasteiger partial charge is 0.473 e. The van der Waals surface area contributed by atoms with Crippen molar-refractivity contribution in [2.24, 2.45) is 5.73 Å². The highest BCUT2D eigenvalue weighted by Gasteiger charge is 2.31. The van der Waals surface area contributed by atoms with Gasteiger partial charge in [-0.15, -0.1) is 0 Å². The molecule has 0 unspecified atom stereocenters. The highest BCUT2D eigenvalue weighted by Crippen LogP contribution is 2.25. The Balaban J connectivity index is 1.80. The summed E-state index contributed by atoms with van der Waals surface area (Å²) in [5, 5.41) is 3.76. The summed E-state index contributed by atoms with van der Waals surface area (Å²) in [6.07, 6.45) is -3.75. The molecule has 11 heteroatoms. The second kappa shape index (κ2) is 7.62. The van der Waals surface area contributed by atoms with Crippen LogP contribution in [0.2, 0.25) is 0 Å². The Hall–Kier alpha value is -3.50. The molecule has 2 N–H and O–H groups in total. The number of alkyl halides is 3. The Labute approximate surface area is 155 Å². The van der Waals surface area contributed by atoms with Gasteiger partial charge in [0.1, 0.15) is 24.4 Å². The van der Waals surface area contributed by atoms with E-state index in [1.807, 2.05) is 0 Å². The fourth-order valence-corrected chi connectivity index (χ4v) is 2.35. The number of nitrogens with zero attached hydrogens (tertiary/aromatic N) is 3. The maximum absolute atomic E-state index is 13.0. The van der Waals surface area contributed by atoms with Crippen molar-refractivity contribution in [3.63, 3.8) is 0 Å². The van der Waals surface area contributed by atoms with E-state index in [4.69, 9.17) is 15.0 Å². The second-order valence-corrected chi connectivity index (χ2v) is 5.64. The van der Waals surface area contributed by atoms with Gasteiger partial charge in [0.25, 0.3) is 5.91 Å². The van der Waals surface area contributed by atoms with Gasteiger partial charge in [0.05, 0.1) is 35.1 Å². The number of hydrogen-bond donors (Lipinski definition) is 1. The molecule has 28 heavy (non-hydrogen) atoms. The Kier molecular flexibility index (Phi) is 5.25. The standard InChI is InChI=1S/C17H12F4N4O3/c18-10-1-3-12(23-6-10)15-9(8-28-25-15)7-27-14-4-2-11(16(22)26)13(24-14)5-17(19,20)21/h1-4,6,8H,5,7H2,(H2,22,26). The van der Waals surface area contributed by atoms with Crippen molar-refractivity contribution in [3.05, 3.63) is 59.4 Å². The number of nitrogens with two attached hydrogens (primary N) is 1. The summed E-state index contributed by atoms with van der Waals surface area (Å²) in [5.41, 5.74) is 5.23. The molecule has 0 bridgehead atoms. The van der Waals surface area contributed by atoms with Crippen LogP contribution < -0.4 is 10.5 Å². The van der Waals surface area contributed by atoms with E-state index in [-0.39, 0.29) is 23.7 Å². The molecule has 0 radical (unpaired) electrons. The molecule has 3 aromatic rings. The number of ether oxygens (including phenoxy) is 1. The smallest absolute Gasteiger partial charge is 0.394 e. The molecule has 0 aliphatic rings. The van der Waals surface area contributed by atoms with Crippen LogP contribution in [-0.4, -0.2) is 27.2 Å². The molecule has 1 amide bonds. The molecule has 0 atom stereocenters. The molecule has 0 saturated carbocycles. The third-order valence-electron chi connectivity index (χ3n) is 3.57. The van der Waals surface area contributed by atoms with Crippen LogP contribution in [0, 0.1) is 5.82 Å². The van der Waals surface area contributed by atoms with Gasteiger partial charge >= 0.3 is 6.18 Å². The molecule has 0 aliphatic heterocycles. The van der Waals surface area contributed by atoms with Gasteiger partial charge in [-0.05, 0) is 18.2 Å². The first-order chi connectivity index (χ1) is 13.2. The highest BCUT2D eigenvalue weighted by molar-refractivity contribution is 5.94. The Morgan fingerprint density at radius 2 is 2.00 bits per heavy atom. The predicted molar refractivity (Wildman–Crippen MR) is 86.5 cm³/mol. The number of aromatic nitrogens is 3. The van der Waals surface area contributed by atoms with Crippen molar-refractivity contribution < 1.29 is 31.6 Å². The minimum Gasteiger partial charge on any atom is -0.473 e. The lowest BCUT2D eigenvalue weighted by Crippen LogP contribution is -2.20. The zero-order valence-electron chi connectivity index (χ0n) is 14.0. The van der Waals surface area contributed by atoms with Crippen molar-refractivity contribution in [3.8, 4) is 17.3 Å². The van der Waals surface area contributed by atoms with E-state index in [0.29, 0.717) is 11.3 Å². The number of carbonyl (C=O) groups excluding carboxylic acids is 1. The second-order valence-electron chi connectivity index (χ2n) is 5.64. The zero-order chi connectivity index (χ0) is 20.3. The third kappa shape index (κ3) is 4.61. The van der Waals surface area contributed by atoms with Gasteiger partial charge in [-0.25, -0.2) is 9.37 Å². The van der Waals surface area contributed by atoms with Crippen LogP contribution in [0.4, 0.5) is 17.6 Å². The number of pyridine rings is 2. The van der Waals surface area contributed by atoms with Gasteiger partial charge in [0, 0.05) is 6.07 Å². The lowest BCUT2D eigenvalue weighted by Gasteiger charge is -2.11. The first-order valence-electron chi connectivity index (χ1n) is 7.77. The molecule has 146 valence electrons. The van der Waals surface area contributed by atoms with E-state index in [1.54, 1.807) is 0 Å². The lowest BCUT2D eigenvalue weighted by atomic mass is 10.1. The number of rotatable bonds is 6. The lowest BCUT2D eigenvalue weighted by molar-refractivity contribution is -0.127. The average Bonchev–Trinajstić information content (AvgIpc) is 3.07. The van der Waals surface area contributed by atoms with E-state index in [1.165, 1.54) is 24.5 Å². The molecule has 0 saturated heterocycles. The number of hydrogen-bond acceptors (Lipinski definition) is 6. The van der Waals surface area contributed by atoms with E-state index in [9.17, 15) is 22.4 Å². The van der Waals surface area contributed by atoms with Crippen LogP contribution in [0.25, 0.3) is 11.4 Å². The minimum absolute atomic E-state index is 0.150. The van der Waals surface area contributed by atoms with Crippen molar-refractivity contribution >= 4 is 5.91 Å². The van der Waals surface area contributed by atoms with Crippen LogP contribution in [0.3, 0.4) is 0 Å². The number of primary amides is 1. The van der Waals surface area contributed by atoms with E-state index < -0.39 is 30.0 Å². The van der Waals surface area contributed by atoms with Crippen LogP contribution >= 0.6 is 0 Å². The monoisotopic (exact) mass is 396 g/mol. The van der Waals surface area contributed by atoms with Gasteiger partial charge in [0.15, 0.2) is 0 Å². The summed E-state index contributed by atoms with van der Waals surface area (Å²) in [6, 6.07) is 4.91. The van der Waals surface area contributed by atoms with Crippen molar-refractivity contribution in [2.45, 2.75) is 19.2 Å². The van der Waals surface area contributed by atoms with Crippen LogP contribution in [0.1, 0.15) is 21.6 Å². The number of halogens is 4. The van der Waals surface area contributed by atoms with Crippen molar-refractivity contribution in [2.75, 3.05) is 0 Å². The summed E-state index contributed by atoms with van der Waals surface area (Å²) >= 11 is 0. The Morgan fingerprint density at radius 1 is 1.21 bits per heavy atom. The average molecular weight is 396 g/mol. The first-order valence-corrected chi connectivity index (χ1v) is 7.77. The van der Waals surface area contributed by atoms with E-state index in [2.05, 4.69) is 15.1 Å². The van der Waals surface area contributed by atoms with Crippen molar-refractivity contribution in [1.82, 2.24) is 15.1 Å². The van der Waals surface area contributed by atoms with Crippen molar-refractivity contribution in [1.29, 1.82) is 0 Å². The summed E-state index contributed by atoms with van der Waals surface area (Å²) in [4.78, 5) is 18.9. The molecular formula is C17H12F4N4O3. The predicted octanol–water partition coefficient (Wildman–Crippen LogP) is 3.05. The van der Waals surface area contributed by atoms with Gasteiger partial charge < -0.3 is 15.0 Å². The highest BCUT2D eigenvalue weighted by atomic mass is 19.4. The zero-order valence-corrected chi connectivity index (χ0v) is 14.0. The van der Waals surface area contributed by atoms with Crippen LogP contribution in [-0.2, 0) is 13.0 Å². The van der Waals surface area contributed by atoms with Gasteiger partial charge in [-0.3, -0.25) is 9.78 Å². The van der Waals surface area contributed by atoms with Crippen LogP contribution in [0.5, 0.6) is 5.88 Å². The van der Waals surface area contributed by atoms with E-state index in [0.717, 1.165) is 12.3 Å². The minimum atomic E-state index is -4.58. The van der Waals surface area contributed by atoms with Crippen LogP contribution in [0.15, 0.2) is 41.2 Å². The Morgan fingerprint density at radius 3 is 2.64 bits per heavy atom. The van der Waals surface area contributed by atoms with E-state index >= 15 is 0 Å². The molecule has 0 aromatic carbocycles. The molecular weight excluding hydrogens is 384 g/mol. The summed E-state index contributed by atoms with van der Waals surface area (Å²) in [7, 11) is 0. The SMILES string of the molecule is NC(=O)c1ccc(OCc2conc2-c2ccc(F)cn2)nc1CC(F)(F)F. The maximum Gasteiger partial charge on any atom is 0.394 e. The first kappa shape index (κ1) is 19.3. The quantitative estimate of drug-likeness (QED) is 0.643. The summed E-state index contributed by atoms with van der Waals surface area (Å²) < 4.78 is 61.4. The molecule has 0 spiro atoms. The molecule has 0 aliphatic carbocycles. The normalized spacial score (nSPS) is 11.4. The molecule has 3 rings (SSSR count). The van der Waals surface area contributed by atoms with Gasteiger partial charge in [0.2, 0.25) is 5.88 Å². The number of amides is 1. The summed E-state index contributed by atoms with van der Waals surface area (Å²) in [6.45, 7) is -0.160. The number of carbonyl (C=O) groups is 1. The molecule has 3 heterocycles. The maximum atomic E-state index is 13.0. The molecule has 3 aromatic heterocycles. The fraction of sp³-hybridized carbons (Fsp3) is 0.176. The molecule has 0 fully saturated rings. The Bertz CT molecular complexity index is 987. The van der Waals surface area contributed by atoms with Gasteiger partial charge in [-0.2, -0.15) is 13.2 Å². The molecule has 7 nitrogen and oxygen atoms in total. The topological polar surface area (TPSA) is 104 Å². The summed E-state index contributed by atoms with van der Waals surface area (Å²) in [5.74, 6) is -1.70.